The van der Waals surface area contributed by atoms with Crippen molar-refractivity contribution < 1.29 is 0 Å². The summed E-state index contributed by atoms with van der Waals surface area (Å²) >= 11 is 0. The molecule has 3 aliphatic rings. The Morgan fingerprint density at radius 3 is 1.69 bits per heavy atom. The largest absolute Gasteiger partial charge is 0.378 e. The van der Waals surface area contributed by atoms with Gasteiger partial charge in [-0.2, -0.15) is 5.10 Å². The van der Waals surface area contributed by atoms with Crippen LogP contribution in [0.15, 0.2) is 151 Å². The van der Waals surface area contributed by atoms with Gasteiger partial charge in [-0.15, -0.1) is 0 Å². The highest BCUT2D eigenvalue weighted by molar-refractivity contribution is 6.05. The van der Waals surface area contributed by atoms with Crippen molar-refractivity contribution in [2.75, 3.05) is 24.0 Å². The molecule has 0 radical (unpaired) electrons. The van der Waals surface area contributed by atoms with Crippen LogP contribution in [0.2, 0.25) is 0 Å². The molecule has 0 fully saturated rings. The Morgan fingerprint density at radius 2 is 1.11 bits per heavy atom. The van der Waals surface area contributed by atoms with Crippen molar-refractivity contribution >= 4 is 17.1 Å². The van der Waals surface area contributed by atoms with E-state index in [1.54, 1.807) is 0 Å². The zero-order valence-electron chi connectivity index (χ0n) is 25.5. The Labute approximate surface area is 264 Å². The molecule has 9 rings (SSSR count). The molecule has 0 N–H and O–H groups in total. The molecule has 1 unspecified atom stereocenters. The van der Waals surface area contributed by atoms with Gasteiger partial charge in [0.05, 0.1) is 22.9 Å². The van der Waals surface area contributed by atoms with E-state index in [0.29, 0.717) is 0 Å². The topological polar surface area (TPSA) is 18.8 Å². The number of hydrogen-bond acceptors (Lipinski definition) is 3. The summed E-state index contributed by atoms with van der Waals surface area (Å²) in [6.07, 6.45) is 0.835. The zero-order chi connectivity index (χ0) is 30.1. The van der Waals surface area contributed by atoms with Gasteiger partial charge in [0.2, 0.25) is 0 Å². The van der Waals surface area contributed by atoms with Crippen molar-refractivity contribution in [3.63, 3.8) is 0 Å². The van der Waals surface area contributed by atoms with Crippen molar-refractivity contribution in [2.45, 2.75) is 17.9 Å². The van der Waals surface area contributed by atoms with Crippen LogP contribution in [0.25, 0.3) is 22.3 Å². The lowest BCUT2D eigenvalue weighted by Crippen LogP contribution is -2.26. The lowest BCUT2D eigenvalue weighted by Gasteiger charge is -2.30. The fraction of sp³-hybridized carbons (Fsp3) is 0.119. The van der Waals surface area contributed by atoms with Gasteiger partial charge in [-0.25, -0.2) is 0 Å². The highest BCUT2D eigenvalue weighted by atomic mass is 15.5. The molecule has 1 spiro atoms. The molecular weight excluding hydrogens is 546 g/mol. The second kappa shape index (κ2) is 9.80. The SMILES string of the molecule is CN(C)c1ccc(C2CC(c3ccc4c(c3)C3(c5ccccc5-c5ccccc53)c3ccccc3-4)=NN2c2ccccc2)cc1. The van der Waals surface area contributed by atoms with E-state index in [9.17, 15) is 0 Å². The number of nitrogens with zero attached hydrogens (tertiary/aromatic N) is 3. The zero-order valence-corrected chi connectivity index (χ0v) is 25.5. The van der Waals surface area contributed by atoms with Crippen molar-refractivity contribution in [2.24, 2.45) is 5.10 Å². The Bertz CT molecular complexity index is 2060. The van der Waals surface area contributed by atoms with E-state index in [1.165, 1.54) is 61.3 Å². The number of benzene rings is 6. The lowest BCUT2D eigenvalue weighted by molar-refractivity contribution is 0.709. The quantitative estimate of drug-likeness (QED) is 0.207. The number of hydrazone groups is 1. The molecular formula is C42H33N3. The first kappa shape index (κ1) is 26.0. The minimum absolute atomic E-state index is 0.117. The van der Waals surface area contributed by atoms with Gasteiger partial charge in [-0.05, 0) is 86.0 Å². The van der Waals surface area contributed by atoms with Crippen LogP contribution in [-0.2, 0) is 5.41 Å². The molecule has 216 valence electrons. The average Bonchev–Trinajstić information content (AvgIpc) is 3.76. The van der Waals surface area contributed by atoms with Gasteiger partial charge >= 0.3 is 0 Å². The summed E-state index contributed by atoms with van der Waals surface area (Å²) < 4.78 is 0. The number of fused-ring (bicyclic) bond motifs is 10. The minimum Gasteiger partial charge on any atom is -0.378 e. The maximum atomic E-state index is 5.36. The first-order chi connectivity index (χ1) is 22.1. The molecule has 3 heteroatoms. The summed E-state index contributed by atoms with van der Waals surface area (Å²) in [4.78, 5) is 2.15. The Morgan fingerprint density at radius 1 is 0.578 bits per heavy atom. The maximum Gasteiger partial charge on any atom is 0.0831 e. The molecule has 0 amide bonds. The molecule has 1 aliphatic heterocycles. The highest BCUT2D eigenvalue weighted by Crippen LogP contribution is 2.62. The van der Waals surface area contributed by atoms with Crippen LogP contribution in [0.3, 0.4) is 0 Å². The second-order valence-electron chi connectivity index (χ2n) is 12.6. The maximum absolute atomic E-state index is 5.36. The normalized spacial score (nSPS) is 16.6. The third kappa shape index (κ3) is 3.67. The predicted octanol–water partition coefficient (Wildman–Crippen LogP) is 9.45. The van der Waals surface area contributed by atoms with Gasteiger partial charge in [0, 0.05) is 26.2 Å². The van der Waals surface area contributed by atoms with E-state index in [0.717, 1.165) is 17.8 Å². The summed E-state index contributed by atoms with van der Waals surface area (Å²) in [7, 11) is 4.17. The molecule has 1 atom stereocenters. The van der Waals surface area contributed by atoms with Crippen LogP contribution in [0.1, 0.15) is 45.8 Å². The molecule has 0 bridgehead atoms. The van der Waals surface area contributed by atoms with Gasteiger partial charge in [-0.1, -0.05) is 115 Å². The van der Waals surface area contributed by atoms with Crippen LogP contribution in [-0.4, -0.2) is 19.8 Å². The monoisotopic (exact) mass is 579 g/mol. The van der Waals surface area contributed by atoms with Crippen molar-refractivity contribution in [3.8, 4) is 22.3 Å². The van der Waals surface area contributed by atoms with E-state index in [4.69, 9.17) is 5.10 Å². The van der Waals surface area contributed by atoms with Crippen LogP contribution in [0, 0.1) is 0 Å². The summed E-state index contributed by atoms with van der Waals surface area (Å²) in [5.41, 5.74) is 16.3. The molecule has 3 nitrogen and oxygen atoms in total. The Balaban J connectivity index is 1.22. The van der Waals surface area contributed by atoms with E-state index < -0.39 is 0 Å². The molecule has 45 heavy (non-hydrogen) atoms. The van der Waals surface area contributed by atoms with Gasteiger partial charge in [0.25, 0.3) is 0 Å². The summed E-state index contributed by atoms with van der Waals surface area (Å²) in [5.74, 6) is 0. The van der Waals surface area contributed by atoms with Crippen molar-refractivity contribution in [1.29, 1.82) is 0 Å². The van der Waals surface area contributed by atoms with E-state index in [-0.39, 0.29) is 11.5 Å². The van der Waals surface area contributed by atoms with E-state index in [1.807, 2.05) is 0 Å². The molecule has 0 saturated heterocycles. The van der Waals surface area contributed by atoms with Crippen LogP contribution in [0.5, 0.6) is 0 Å². The predicted molar refractivity (Wildman–Crippen MR) is 186 cm³/mol. The Kier molecular flexibility index (Phi) is 5.67. The fourth-order valence-corrected chi connectivity index (χ4v) is 8.03. The van der Waals surface area contributed by atoms with Gasteiger partial charge in [0.15, 0.2) is 0 Å². The van der Waals surface area contributed by atoms with Gasteiger partial charge < -0.3 is 4.90 Å². The molecule has 0 aromatic heterocycles. The van der Waals surface area contributed by atoms with Crippen LogP contribution >= 0.6 is 0 Å². The summed E-state index contributed by atoms with van der Waals surface area (Å²) in [6, 6.07) is 53.7. The highest BCUT2D eigenvalue weighted by Gasteiger charge is 2.51. The number of hydrogen-bond donors (Lipinski definition) is 0. The number of para-hydroxylation sites is 1. The van der Waals surface area contributed by atoms with Gasteiger partial charge in [-0.3, -0.25) is 5.01 Å². The van der Waals surface area contributed by atoms with E-state index >= 15 is 0 Å². The standard InChI is InChI=1S/C42H33N3/c1-44(2)30-23-20-28(21-24-30)41-27-40(43-45(41)31-12-4-3-5-13-31)29-22-25-35-34-16-8-11-19-38(34)42(39(35)26-29)36-17-9-6-14-32(36)33-15-7-10-18-37(33)42/h3-26,41H,27H2,1-2H3. The van der Waals surface area contributed by atoms with Gasteiger partial charge in [0.1, 0.15) is 0 Å². The van der Waals surface area contributed by atoms with Crippen molar-refractivity contribution in [1.82, 2.24) is 0 Å². The van der Waals surface area contributed by atoms with Crippen molar-refractivity contribution in [3.05, 3.63) is 179 Å². The minimum atomic E-state index is -0.352. The smallest absolute Gasteiger partial charge is 0.0831 e. The fourth-order valence-electron chi connectivity index (χ4n) is 8.03. The number of rotatable bonds is 4. The third-order valence-electron chi connectivity index (χ3n) is 10.1. The van der Waals surface area contributed by atoms with Crippen LogP contribution in [0.4, 0.5) is 11.4 Å². The summed E-state index contributed by atoms with van der Waals surface area (Å²) in [6.45, 7) is 0. The molecule has 2 aliphatic carbocycles. The molecule has 6 aromatic carbocycles. The first-order valence-electron chi connectivity index (χ1n) is 15.8. The second-order valence-corrected chi connectivity index (χ2v) is 12.6. The van der Waals surface area contributed by atoms with Crippen LogP contribution < -0.4 is 9.91 Å². The first-order valence-corrected chi connectivity index (χ1v) is 15.8. The molecule has 6 aromatic rings. The third-order valence-corrected chi connectivity index (χ3v) is 10.1. The summed E-state index contributed by atoms with van der Waals surface area (Å²) in [5, 5.41) is 7.58. The average molecular weight is 580 g/mol. The molecule has 1 heterocycles. The Hall–Kier alpha value is -5.41. The van der Waals surface area contributed by atoms with E-state index in [2.05, 4.69) is 170 Å². The lowest BCUT2D eigenvalue weighted by atomic mass is 9.70. The molecule has 0 saturated carbocycles. The number of anilines is 2.